The van der Waals surface area contributed by atoms with Crippen LogP contribution in [0.4, 0.5) is 4.79 Å². The molecule has 0 fully saturated rings. The number of rotatable bonds is 7. The number of H-pyrrole nitrogens is 2. The fourth-order valence-electron chi connectivity index (χ4n) is 4.65. The Hall–Kier alpha value is -4.33. The van der Waals surface area contributed by atoms with Crippen LogP contribution in [-0.4, -0.2) is 44.5 Å². The molecule has 5 aromatic rings. The fourth-order valence-corrected chi connectivity index (χ4v) is 4.65. The van der Waals surface area contributed by atoms with E-state index in [2.05, 4.69) is 43.7 Å². The highest BCUT2D eigenvalue weighted by Gasteiger charge is 2.22. The molecule has 0 aliphatic heterocycles. The molecule has 3 aromatic heterocycles. The normalized spacial score (nSPS) is 12.6. The molecule has 0 radical (unpaired) electrons. The monoisotopic (exact) mass is 511 g/mol. The first-order chi connectivity index (χ1) is 18.2. The number of nitrogens with one attached hydrogen (secondary N) is 3. The number of pyridine rings is 1. The van der Waals surface area contributed by atoms with Gasteiger partial charge in [0.15, 0.2) is 0 Å². The third-order valence-corrected chi connectivity index (χ3v) is 6.45. The van der Waals surface area contributed by atoms with Gasteiger partial charge in [-0.2, -0.15) is 5.10 Å². The molecule has 2 aromatic carbocycles. The zero-order valence-electron chi connectivity index (χ0n) is 22.4. The van der Waals surface area contributed by atoms with Gasteiger partial charge in [0, 0.05) is 33.7 Å². The highest BCUT2D eigenvalue weighted by atomic mass is 16.6. The van der Waals surface area contributed by atoms with E-state index in [0.29, 0.717) is 12.2 Å². The van der Waals surface area contributed by atoms with Crippen LogP contribution < -0.4 is 10.1 Å². The predicted molar refractivity (Wildman–Crippen MR) is 149 cm³/mol. The topological polar surface area (TPSA) is 105 Å². The zero-order chi connectivity index (χ0) is 26.9. The molecule has 3 N–H and O–H groups in total. The summed E-state index contributed by atoms with van der Waals surface area (Å²) in [7, 11) is 0. The minimum absolute atomic E-state index is 0.253. The van der Waals surface area contributed by atoms with Gasteiger partial charge in [0.25, 0.3) is 0 Å². The maximum atomic E-state index is 12.7. The number of alkyl carbamates (subject to hydrolysis) is 1. The van der Waals surface area contributed by atoms with Crippen molar-refractivity contribution in [3.05, 3.63) is 77.9 Å². The van der Waals surface area contributed by atoms with Crippen LogP contribution in [0.3, 0.4) is 0 Å². The Morgan fingerprint density at radius 1 is 1.00 bits per heavy atom. The van der Waals surface area contributed by atoms with Crippen LogP contribution in [0.1, 0.15) is 37.7 Å². The summed E-state index contributed by atoms with van der Waals surface area (Å²) in [5, 5.41) is 12.5. The van der Waals surface area contributed by atoms with E-state index in [0.717, 1.165) is 49.9 Å². The molecule has 0 aliphatic carbocycles. The summed E-state index contributed by atoms with van der Waals surface area (Å²) in [6.45, 7) is 9.83. The molecule has 0 aliphatic rings. The van der Waals surface area contributed by atoms with E-state index in [1.165, 1.54) is 0 Å². The van der Waals surface area contributed by atoms with E-state index in [1.807, 2.05) is 71.1 Å². The van der Waals surface area contributed by atoms with Crippen molar-refractivity contribution in [3.63, 3.8) is 0 Å². The molecule has 3 heterocycles. The second-order valence-corrected chi connectivity index (χ2v) is 10.6. The molecule has 0 bridgehead atoms. The average molecular weight is 512 g/mol. The molecule has 38 heavy (non-hydrogen) atoms. The SMILES string of the molecule is Cc1[nH]c2ccccc2c1CC(COc1cncc(-c2ccc3[nH]nc(C)c3c2)c1)NC(=O)OC(C)(C)C. The number of ether oxygens (including phenoxy) is 2. The molecular weight excluding hydrogens is 478 g/mol. The first-order valence-electron chi connectivity index (χ1n) is 12.7. The number of carbonyl (C=O) groups excluding carboxylic acids is 1. The largest absolute Gasteiger partial charge is 0.490 e. The number of hydrogen-bond acceptors (Lipinski definition) is 5. The summed E-state index contributed by atoms with van der Waals surface area (Å²) < 4.78 is 11.7. The number of aromatic amines is 2. The number of hydrogen-bond donors (Lipinski definition) is 3. The minimum atomic E-state index is -0.598. The summed E-state index contributed by atoms with van der Waals surface area (Å²) in [6, 6.07) is 16.0. The Morgan fingerprint density at radius 2 is 1.82 bits per heavy atom. The van der Waals surface area contributed by atoms with E-state index >= 15 is 0 Å². The Kier molecular flexibility index (Phi) is 6.80. The van der Waals surface area contributed by atoms with Gasteiger partial charge in [-0.15, -0.1) is 0 Å². The van der Waals surface area contributed by atoms with Crippen LogP contribution in [0.15, 0.2) is 60.9 Å². The molecule has 1 amide bonds. The van der Waals surface area contributed by atoms with Crippen molar-refractivity contribution in [2.75, 3.05) is 6.61 Å². The van der Waals surface area contributed by atoms with E-state index in [1.54, 1.807) is 6.20 Å². The van der Waals surface area contributed by atoms with Gasteiger partial charge in [-0.05, 0) is 76.4 Å². The number of amides is 1. The number of benzene rings is 2. The second-order valence-electron chi connectivity index (χ2n) is 10.6. The minimum Gasteiger partial charge on any atom is -0.490 e. The summed E-state index contributed by atoms with van der Waals surface area (Å²) in [5.41, 5.74) is 6.59. The van der Waals surface area contributed by atoms with Crippen molar-refractivity contribution in [2.24, 2.45) is 0 Å². The average Bonchev–Trinajstić information content (AvgIpc) is 3.40. The lowest BCUT2D eigenvalue weighted by Crippen LogP contribution is -2.43. The number of aromatic nitrogens is 4. The van der Waals surface area contributed by atoms with Crippen molar-refractivity contribution < 1.29 is 14.3 Å². The lowest BCUT2D eigenvalue weighted by atomic mass is 10.0. The van der Waals surface area contributed by atoms with E-state index < -0.39 is 11.7 Å². The number of para-hydroxylation sites is 1. The number of aryl methyl sites for hydroxylation is 2. The number of fused-ring (bicyclic) bond motifs is 2. The number of nitrogens with zero attached hydrogens (tertiary/aromatic N) is 2. The first-order valence-corrected chi connectivity index (χ1v) is 12.7. The molecule has 0 spiro atoms. The molecule has 8 nitrogen and oxygen atoms in total. The summed E-state index contributed by atoms with van der Waals surface area (Å²) >= 11 is 0. The highest BCUT2D eigenvalue weighted by molar-refractivity contribution is 5.86. The smallest absolute Gasteiger partial charge is 0.408 e. The summed E-state index contributed by atoms with van der Waals surface area (Å²) in [5.74, 6) is 0.623. The van der Waals surface area contributed by atoms with Gasteiger partial charge in [-0.25, -0.2) is 4.79 Å². The number of carbonyl (C=O) groups is 1. The Morgan fingerprint density at radius 3 is 2.63 bits per heavy atom. The van der Waals surface area contributed by atoms with Crippen molar-refractivity contribution >= 4 is 27.9 Å². The molecule has 196 valence electrons. The van der Waals surface area contributed by atoms with Crippen LogP contribution in [0.5, 0.6) is 5.75 Å². The molecule has 0 saturated heterocycles. The molecular formula is C30H33N5O3. The van der Waals surface area contributed by atoms with Gasteiger partial charge < -0.3 is 19.8 Å². The zero-order valence-corrected chi connectivity index (χ0v) is 22.4. The van der Waals surface area contributed by atoms with Crippen LogP contribution in [0, 0.1) is 13.8 Å². The van der Waals surface area contributed by atoms with Gasteiger partial charge >= 0.3 is 6.09 Å². The van der Waals surface area contributed by atoms with E-state index in [-0.39, 0.29) is 12.6 Å². The van der Waals surface area contributed by atoms with Crippen molar-refractivity contribution in [3.8, 4) is 16.9 Å². The molecule has 8 heteroatoms. The maximum Gasteiger partial charge on any atom is 0.408 e. The molecule has 5 rings (SSSR count). The van der Waals surface area contributed by atoms with Crippen molar-refractivity contribution in [1.82, 2.24) is 25.5 Å². The predicted octanol–water partition coefficient (Wildman–Crippen LogP) is 6.24. The van der Waals surface area contributed by atoms with Gasteiger partial charge in [0.2, 0.25) is 0 Å². The third-order valence-electron chi connectivity index (χ3n) is 6.45. The Balaban J connectivity index is 1.37. The first kappa shape index (κ1) is 25.3. The summed E-state index contributed by atoms with van der Waals surface area (Å²) in [4.78, 5) is 20.5. The van der Waals surface area contributed by atoms with Crippen LogP contribution >= 0.6 is 0 Å². The van der Waals surface area contributed by atoms with Gasteiger partial charge in [-0.3, -0.25) is 10.1 Å². The van der Waals surface area contributed by atoms with Crippen LogP contribution in [-0.2, 0) is 11.2 Å². The van der Waals surface area contributed by atoms with Gasteiger partial charge in [0.05, 0.1) is 23.4 Å². The summed E-state index contributed by atoms with van der Waals surface area (Å²) in [6.07, 6.45) is 3.61. The Bertz CT molecular complexity index is 1590. The van der Waals surface area contributed by atoms with Crippen LogP contribution in [0.25, 0.3) is 32.9 Å². The van der Waals surface area contributed by atoms with Gasteiger partial charge in [-0.1, -0.05) is 24.3 Å². The second kappa shape index (κ2) is 10.2. The third kappa shape index (κ3) is 5.64. The Labute approximate surface area is 221 Å². The fraction of sp³-hybridized carbons (Fsp3) is 0.300. The van der Waals surface area contributed by atoms with E-state index in [4.69, 9.17) is 9.47 Å². The maximum absolute atomic E-state index is 12.7. The van der Waals surface area contributed by atoms with E-state index in [9.17, 15) is 4.79 Å². The molecule has 1 unspecified atom stereocenters. The van der Waals surface area contributed by atoms with Gasteiger partial charge in [0.1, 0.15) is 18.0 Å². The lowest BCUT2D eigenvalue weighted by Gasteiger charge is -2.24. The molecule has 1 atom stereocenters. The quantitative estimate of drug-likeness (QED) is 0.240. The van der Waals surface area contributed by atoms with Crippen molar-refractivity contribution in [2.45, 2.75) is 52.7 Å². The molecule has 0 saturated carbocycles. The highest BCUT2D eigenvalue weighted by Crippen LogP contribution is 2.28. The lowest BCUT2D eigenvalue weighted by molar-refractivity contribution is 0.0487. The van der Waals surface area contributed by atoms with Crippen LogP contribution in [0.2, 0.25) is 0 Å². The van der Waals surface area contributed by atoms with Crippen molar-refractivity contribution in [1.29, 1.82) is 0 Å². The standard InChI is InChI=1S/C30H33N5O3/c1-18-25(24-8-6-7-9-27(24)32-18)14-22(33-29(36)38-30(3,4)5)17-37-23-12-21(15-31-16-23)20-10-11-28-26(13-20)19(2)34-35-28/h6-13,15-16,22,32H,14,17H2,1-5H3,(H,33,36)(H,34,35).